The van der Waals surface area contributed by atoms with Crippen LogP contribution < -0.4 is 4.90 Å². The fourth-order valence-corrected chi connectivity index (χ4v) is 3.11. The van der Waals surface area contributed by atoms with Crippen LogP contribution in [-0.4, -0.2) is 48.1 Å². The Balaban J connectivity index is 1.78. The van der Waals surface area contributed by atoms with E-state index in [9.17, 15) is 0 Å². The molecule has 126 valence electrons. The van der Waals surface area contributed by atoms with Crippen molar-refractivity contribution in [2.24, 2.45) is 0 Å². The molecule has 0 atom stereocenters. The molecule has 1 fully saturated rings. The summed E-state index contributed by atoms with van der Waals surface area (Å²) in [5.74, 6) is 1.80. The minimum absolute atomic E-state index is 0.788. The summed E-state index contributed by atoms with van der Waals surface area (Å²) in [6.07, 6.45) is 0. The van der Waals surface area contributed by atoms with Gasteiger partial charge in [-0.15, -0.1) is 0 Å². The molecule has 4 heteroatoms. The van der Waals surface area contributed by atoms with Gasteiger partial charge in [0.25, 0.3) is 0 Å². The van der Waals surface area contributed by atoms with Crippen molar-refractivity contribution in [3.63, 3.8) is 0 Å². The molecule has 0 aliphatic carbocycles. The first kappa shape index (κ1) is 15.8. The highest BCUT2D eigenvalue weighted by Crippen LogP contribution is 2.26. The van der Waals surface area contributed by atoms with Gasteiger partial charge < -0.3 is 9.80 Å². The number of likely N-dealkylation sites (N-methyl/N-ethyl adjacent to an activating group) is 1. The molecule has 4 rings (SSSR count). The van der Waals surface area contributed by atoms with E-state index >= 15 is 0 Å². The van der Waals surface area contributed by atoms with Crippen LogP contribution in [0.3, 0.4) is 0 Å². The lowest BCUT2D eigenvalue weighted by atomic mass is 10.1. The Kier molecular flexibility index (Phi) is 4.44. The molecule has 0 N–H and O–H groups in total. The lowest BCUT2D eigenvalue weighted by Gasteiger charge is -2.33. The highest BCUT2D eigenvalue weighted by molar-refractivity contribution is 5.67. The number of piperazine rings is 1. The molecule has 2 aromatic carbocycles. The lowest BCUT2D eigenvalue weighted by molar-refractivity contribution is 0.312. The number of anilines is 1. The largest absolute Gasteiger partial charge is 0.354 e. The second-order valence-corrected chi connectivity index (χ2v) is 6.46. The number of benzene rings is 2. The molecule has 1 aliphatic rings. The maximum Gasteiger partial charge on any atom is 0.162 e. The van der Waals surface area contributed by atoms with Crippen molar-refractivity contribution in [2.75, 3.05) is 38.1 Å². The molecule has 25 heavy (non-hydrogen) atoms. The molecule has 1 aliphatic heterocycles. The molecule has 0 spiro atoms. The molecule has 2 heterocycles. The molecule has 4 nitrogen and oxygen atoms in total. The van der Waals surface area contributed by atoms with Gasteiger partial charge in [0.2, 0.25) is 0 Å². The summed E-state index contributed by atoms with van der Waals surface area (Å²) < 4.78 is 0. The van der Waals surface area contributed by atoms with Crippen LogP contribution in [0.4, 0.5) is 5.82 Å². The highest BCUT2D eigenvalue weighted by Gasteiger charge is 2.18. The van der Waals surface area contributed by atoms with Crippen molar-refractivity contribution < 1.29 is 0 Å². The molecule has 0 radical (unpaired) electrons. The Bertz CT molecular complexity index is 767. The number of rotatable bonds is 3. The smallest absolute Gasteiger partial charge is 0.162 e. The summed E-state index contributed by atoms with van der Waals surface area (Å²) in [7, 11) is 2.17. The van der Waals surface area contributed by atoms with Crippen molar-refractivity contribution in [3.05, 3.63) is 66.7 Å². The zero-order chi connectivity index (χ0) is 17.1. The summed E-state index contributed by atoms with van der Waals surface area (Å²) in [4.78, 5) is 14.4. The van der Waals surface area contributed by atoms with E-state index in [1.807, 2.05) is 24.3 Å². The van der Waals surface area contributed by atoms with Gasteiger partial charge in [-0.25, -0.2) is 9.97 Å². The predicted molar refractivity (Wildman–Crippen MR) is 103 cm³/mol. The molecule has 3 aromatic rings. The van der Waals surface area contributed by atoms with E-state index in [1.165, 1.54) is 0 Å². The van der Waals surface area contributed by atoms with Gasteiger partial charge in [-0.1, -0.05) is 60.7 Å². The second kappa shape index (κ2) is 7.03. The topological polar surface area (TPSA) is 32.3 Å². The van der Waals surface area contributed by atoms with E-state index in [-0.39, 0.29) is 0 Å². The van der Waals surface area contributed by atoms with Crippen LogP contribution >= 0.6 is 0 Å². The van der Waals surface area contributed by atoms with Crippen molar-refractivity contribution in [2.45, 2.75) is 0 Å². The number of nitrogens with zero attached hydrogens (tertiary/aromatic N) is 4. The summed E-state index contributed by atoms with van der Waals surface area (Å²) in [6.45, 7) is 4.11. The van der Waals surface area contributed by atoms with Gasteiger partial charge in [-0.2, -0.15) is 0 Å². The molecular weight excluding hydrogens is 308 g/mol. The Labute approximate surface area is 148 Å². The van der Waals surface area contributed by atoms with Gasteiger partial charge in [0.05, 0.1) is 5.69 Å². The maximum absolute atomic E-state index is 4.87. The first-order valence-corrected chi connectivity index (χ1v) is 8.73. The van der Waals surface area contributed by atoms with Crippen LogP contribution in [0.15, 0.2) is 66.7 Å². The van der Waals surface area contributed by atoms with Gasteiger partial charge >= 0.3 is 0 Å². The van der Waals surface area contributed by atoms with Gasteiger partial charge in [0, 0.05) is 43.4 Å². The standard InChI is InChI=1S/C21H22N4/c1-24-12-14-25(15-13-24)20-16-19(17-8-4-2-5-9-17)22-21(23-20)18-10-6-3-7-11-18/h2-11,16H,12-15H2,1H3. The number of hydrogen-bond acceptors (Lipinski definition) is 4. The lowest BCUT2D eigenvalue weighted by Crippen LogP contribution is -2.44. The van der Waals surface area contributed by atoms with E-state index in [2.05, 4.69) is 59.3 Å². The first-order chi connectivity index (χ1) is 12.3. The normalized spacial score (nSPS) is 15.3. The predicted octanol–water partition coefficient (Wildman–Crippen LogP) is 3.56. The number of aromatic nitrogens is 2. The van der Waals surface area contributed by atoms with E-state index in [1.54, 1.807) is 0 Å². The summed E-state index contributed by atoms with van der Waals surface area (Å²) >= 11 is 0. The molecule has 0 saturated carbocycles. The zero-order valence-corrected chi connectivity index (χ0v) is 14.5. The van der Waals surface area contributed by atoms with Crippen molar-refractivity contribution in [1.29, 1.82) is 0 Å². The van der Waals surface area contributed by atoms with Gasteiger partial charge in [0.1, 0.15) is 5.82 Å². The highest BCUT2D eigenvalue weighted by atomic mass is 15.3. The third-order valence-electron chi connectivity index (χ3n) is 4.64. The van der Waals surface area contributed by atoms with Crippen LogP contribution in [0.2, 0.25) is 0 Å². The molecular formula is C21H22N4. The van der Waals surface area contributed by atoms with E-state index in [0.717, 1.165) is 54.6 Å². The van der Waals surface area contributed by atoms with Gasteiger partial charge in [-0.05, 0) is 7.05 Å². The molecule has 1 saturated heterocycles. The first-order valence-electron chi connectivity index (χ1n) is 8.73. The Morgan fingerprint density at radius 3 is 1.96 bits per heavy atom. The third kappa shape index (κ3) is 3.54. The maximum atomic E-state index is 4.87. The monoisotopic (exact) mass is 330 g/mol. The Hall–Kier alpha value is -2.72. The fourth-order valence-electron chi connectivity index (χ4n) is 3.11. The SMILES string of the molecule is CN1CCN(c2cc(-c3ccccc3)nc(-c3ccccc3)n2)CC1. The summed E-state index contributed by atoms with van der Waals surface area (Å²) in [6, 6.07) is 22.7. The Morgan fingerprint density at radius 1 is 0.720 bits per heavy atom. The average Bonchev–Trinajstić information content (AvgIpc) is 2.69. The van der Waals surface area contributed by atoms with Crippen LogP contribution in [0, 0.1) is 0 Å². The minimum Gasteiger partial charge on any atom is -0.354 e. The number of hydrogen-bond donors (Lipinski definition) is 0. The minimum atomic E-state index is 0.788. The van der Waals surface area contributed by atoms with Gasteiger partial charge in [0.15, 0.2) is 5.82 Å². The van der Waals surface area contributed by atoms with Gasteiger partial charge in [-0.3, -0.25) is 0 Å². The van der Waals surface area contributed by atoms with Crippen molar-refractivity contribution in [1.82, 2.24) is 14.9 Å². The average molecular weight is 330 g/mol. The summed E-state index contributed by atoms with van der Waals surface area (Å²) in [5, 5.41) is 0. The molecule has 0 bridgehead atoms. The van der Waals surface area contributed by atoms with Crippen LogP contribution in [0.5, 0.6) is 0 Å². The third-order valence-corrected chi connectivity index (χ3v) is 4.64. The quantitative estimate of drug-likeness (QED) is 0.735. The van der Waals surface area contributed by atoms with Crippen LogP contribution in [0.25, 0.3) is 22.6 Å². The van der Waals surface area contributed by atoms with E-state index < -0.39 is 0 Å². The van der Waals surface area contributed by atoms with Crippen molar-refractivity contribution in [3.8, 4) is 22.6 Å². The van der Waals surface area contributed by atoms with E-state index in [0.29, 0.717) is 0 Å². The molecule has 0 unspecified atom stereocenters. The second-order valence-electron chi connectivity index (χ2n) is 6.46. The van der Waals surface area contributed by atoms with Crippen LogP contribution in [-0.2, 0) is 0 Å². The zero-order valence-electron chi connectivity index (χ0n) is 14.5. The molecule has 0 amide bonds. The Morgan fingerprint density at radius 2 is 1.32 bits per heavy atom. The van der Waals surface area contributed by atoms with Crippen molar-refractivity contribution >= 4 is 5.82 Å². The van der Waals surface area contributed by atoms with E-state index in [4.69, 9.17) is 9.97 Å². The fraction of sp³-hybridized carbons (Fsp3) is 0.238. The molecule has 1 aromatic heterocycles. The van der Waals surface area contributed by atoms with Crippen LogP contribution in [0.1, 0.15) is 0 Å². The summed E-state index contributed by atoms with van der Waals surface area (Å²) in [5.41, 5.74) is 3.15.